The van der Waals surface area contributed by atoms with Gasteiger partial charge < -0.3 is 20.3 Å². The summed E-state index contributed by atoms with van der Waals surface area (Å²) in [4.78, 5) is 0. The van der Waals surface area contributed by atoms with Crippen LogP contribution in [0, 0.1) is 17.2 Å². The van der Waals surface area contributed by atoms with Crippen LogP contribution in [0.2, 0.25) is 0 Å². The fraction of sp³-hybridized carbons (Fsp3) is 0.250. The largest absolute Gasteiger partial charge is 0.508 e. The van der Waals surface area contributed by atoms with Gasteiger partial charge >= 0.3 is 0 Å². The van der Waals surface area contributed by atoms with E-state index < -0.39 is 0 Å². The first kappa shape index (κ1) is 18.2. The molecule has 0 saturated carbocycles. The predicted molar refractivity (Wildman–Crippen MR) is 96.3 cm³/mol. The first-order valence-electron chi connectivity index (χ1n) is 8.01. The maximum absolute atomic E-state index is 10.3. The molecule has 0 heterocycles. The van der Waals surface area contributed by atoms with Gasteiger partial charge in [0, 0.05) is 6.42 Å². The van der Waals surface area contributed by atoms with Gasteiger partial charge in [-0.15, -0.1) is 0 Å². The molecule has 0 saturated heterocycles. The second-order valence-corrected chi connectivity index (χ2v) is 5.73. The van der Waals surface area contributed by atoms with Gasteiger partial charge in [0.15, 0.2) is 5.76 Å². The highest BCUT2D eigenvalue weighted by Crippen LogP contribution is 2.31. The smallest absolute Gasteiger partial charge is 0.157 e. The highest BCUT2D eigenvalue weighted by molar-refractivity contribution is 5.46. The van der Waals surface area contributed by atoms with Crippen LogP contribution in [0.3, 0.4) is 0 Å². The van der Waals surface area contributed by atoms with Crippen molar-refractivity contribution in [1.82, 2.24) is 0 Å². The van der Waals surface area contributed by atoms with Crippen molar-refractivity contribution in [3.05, 3.63) is 77.1 Å². The standard InChI is InChI=1S/C20H22N2O3/c1-14-7-8-15(12-17(23)19(24-2)9-10-21)20(11-14)25-18-6-4-3-5-16(18)13-22/h3-6,8-11,14,23H,7,12,21H2,1-2H3/b10-9-,19-17-. The maximum Gasteiger partial charge on any atom is 0.157 e. The zero-order valence-electron chi connectivity index (χ0n) is 14.4. The molecule has 0 spiro atoms. The molecule has 1 aromatic carbocycles. The third-order valence-electron chi connectivity index (χ3n) is 3.83. The van der Waals surface area contributed by atoms with E-state index in [-0.39, 0.29) is 12.2 Å². The molecular formula is C20H22N2O3. The van der Waals surface area contributed by atoms with Crippen LogP contribution in [0.15, 0.2) is 71.5 Å². The monoisotopic (exact) mass is 338 g/mol. The molecule has 0 amide bonds. The number of nitriles is 1. The number of allylic oxidation sites excluding steroid dienone is 5. The van der Waals surface area contributed by atoms with E-state index >= 15 is 0 Å². The summed E-state index contributed by atoms with van der Waals surface area (Å²) in [6.45, 7) is 2.08. The topological polar surface area (TPSA) is 88.5 Å². The van der Waals surface area contributed by atoms with Crippen molar-refractivity contribution in [3.63, 3.8) is 0 Å². The average molecular weight is 338 g/mol. The fourth-order valence-electron chi connectivity index (χ4n) is 2.52. The summed E-state index contributed by atoms with van der Waals surface area (Å²) in [6, 6.07) is 9.19. The van der Waals surface area contributed by atoms with Gasteiger partial charge in [0.2, 0.25) is 0 Å². The van der Waals surface area contributed by atoms with Crippen LogP contribution in [0.25, 0.3) is 0 Å². The molecule has 3 N–H and O–H groups in total. The Morgan fingerprint density at radius 3 is 2.88 bits per heavy atom. The lowest BCUT2D eigenvalue weighted by Gasteiger charge is -2.21. The molecule has 1 aliphatic carbocycles. The molecule has 5 heteroatoms. The molecule has 1 unspecified atom stereocenters. The highest BCUT2D eigenvalue weighted by atomic mass is 16.5. The Balaban J connectivity index is 2.29. The van der Waals surface area contributed by atoms with E-state index in [0.29, 0.717) is 28.7 Å². The summed E-state index contributed by atoms with van der Waals surface area (Å²) in [6.07, 6.45) is 7.94. The number of nitrogens with two attached hydrogens (primary N) is 1. The molecule has 1 aliphatic rings. The summed E-state index contributed by atoms with van der Waals surface area (Å²) in [5.41, 5.74) is 6.67. The van der Waals surface area contributed by atoms with Crippen molar-refractivity contribution in [2.75, 3.05) is 7.11 Å². The summed E-state index contributed by atoms with van der Waals surface area (Å²) in [5.74, 6) is 1.81. The first-order valence-corrected chi connectivity index (χ1v) is 8.01. The maximum atomic E-state index is 10.3. The van der Waals surface area contributed by atoms with Gasteiger partial charge in [0.25, 0.3) is 0 Å². The number of aliphatic hydroxyl groups is 1. The number of hydrogen-bond acceptors (Lipinski definition) is 5. The second kappa shape index (κ2) is 8.65. The van der Waals surface area contributed by atoms with E-state index in [0.717, 1.165) is 12.0 Å². The number of hydrogen-bond donors (Lipinski definition) is 2. The van der Waals surface area contributed by atoms with Gasteiger partial charge in [-0.05, 0) is 48.4 Å². The van der Waals surface area contributed by atoms with Gasteiger partial charge in [-0.1, -0.05) is 25.1 Å². The third-order valence-corrected chi connectivity index (χ3v) is 3.83. The molecule has 0 aliphatic heterocycles. The SMILES string of the molecule is COC(/C=C\N)=C(\O)CC1=CCC(C)C=C1Oc1ccccc1C#N. The Morgan fingerprint density at radius 1 is 1.44 bits per heavy atom. The van der Waals surface area contributed by atoms with Crippen molar-refractivity contribution >= 4 is 0 Å². The Kier molecular flexibility index (Phi) is 6.30. The molecule has 130 valence electrons. The van der Waals surface area contributed by atoms with Crippen LogP contribution in [0.5, 0.6) is 5.75 Å². The highest BCUT2D eigenvalue weighted by Gasteiger charge is 2.19. The Bertz CT molecular complexity index is 782. The van der Waals surface area contributed by atoms with Gasteiger partial charge in [-0.25, -0.2) is 0 Å². The Morgan fingerprint density at radius 2 is 2.20 bits per heavy atom. The minimum absolute atomic E-state index is 0.0630. The molecule has 2 rings (SSSR count). The van der Waals surface area contributed by atoms with E-state index in [1.165, 1.54) is 19.4 Å². The van der Waals surface area contributed by atoms with Crippen molar-refractivity contribution in [2.45, 2.75) is 19.8 Å². The number of rotatable bonds is 6. The summed E-state index contributed by atoms with van der Waals surface area (Å²) < 4.78 is 11.1. The van der Waals surface area contributed by atoms with Gasteiger partial charge in [0.05, 0.1) is 12.7 Å². The van der Waals surface area contributed by atoms with E-state index in [1.54, 1.807) is 18.2 Å². The Labute approximate surface area is 148 Å². The zero-order chi connectivity index (χ0) is 18.2. The second-order valence-electron chi connectivity index (χ2n) is 5.73. The number of para-hydroxylation sites is 1. The average Bonchev–Trinajstić information content (AvgIpc) is 2.62. The fourth-order valence-corrected chi connectivity index (χ4v) is 2.52. The quantitative estimate of drug-likeness (QED) is 0.603. The van der Waals surface area contributed by atoms with E-state index in [2.05, 4.69) is 13.0 Å². The molecular weight excluding hydrogens is 316 g/mol. The lowest BCUT2D eigenvalue weighted by Crippen LogP contribution is -2.09. The molecule has 5 nitrogen and oxygen atoms in total. The molecule has 1 aromatic rings. The van der Waals surface area contributed by atoms with Crippen LogP contribution >= 0.6 is 0 Å². The van der Waals surface area contributed by atoms with Gasteiger partial charge in [0.1, 0.15) is 23.3 Å². The number of aliphatic hydroxyl groups excluding tert-OH is 1. The lowest BCUT2D eigenvalue weighted by atomic mass is 9.94. The lowest BCUT2D eigenvalue weighted by molar-refractivity contribution is 0.263. The molecule has 0 radical (unpaired) electrons. The summed E-state index contributed by atoms with van der Waals surface area (Å²) in [5, 5.41) is 19.5. The normalized spacial score (nSPS) is 18.0. The summed E-state index contributed by atoms with van der Waals surface area (Å²) >= 11 is 0. The molecule has 0 fully saturated rings. The van der Waals surface area contributed by atoms with Crippen molar-refractivity contribution < 1.29 is 14.6 Å². The van der Waals surface area contributed by atoms with Crippen LogP contribution < -0.4 is 10.5 Å². The Hall–Kier alpha value is -3.13. The minimum Gasteiger partial charge on any atom is -0.508 e. The number of ether oxygens (including phenoxy) is 2. The van der Waals surface area contributed by atoms with Gasteiger partial charge in [-0.2, -0.15) is 5.26 Å². The minimum atomic E-state index is 0.0630. The van der Waals surface area contributed by atoms with Crippen molar-refractivity contribution in [3.8, 4) is 11.8 Å². The number of methoxy groups -OCH3 is 1. The number of nitrogens with zero attached hydrogens (tertiary/aromatic N) is 1. The van der Waals surface area contributed by atoms with Crippen molar-refractivity contribution in [2.24, 2.45) is 11.7 Å². The molecule has 1 atom stereocenters. The van der Waals surface area contributed by atoms with Gasteiger partial charge in [-0.3, -0.25) is 0 Å². The molecule has 0 aromatic heterocycles. The molecule has 0 bridgehead atoms. The van der Waals surface area contributed by atoms with Crippen LogP contribution in [-0.2, 0) is 4.74 Å². The zero-order valence-corrected chi connectivity index (χ0v) is 14.4. The predicted octanol–water partition coefficient (Wildman–Crippen LogP) is 4.07. The van der Waals surface area contributed by atoms with Crippen molar-refractivity contribution in [1.29, 1.82) is 5.26 Å². The van der Waals surface area contributed by atoms with Crippen LogP contribution in [-0.4, -0.2) is 12.2 Å². The van der Waals surface area contributed by atoms with E-state index in [4.69, 9.17) is 15.2 Å². The first-order chi connectivity index (χ1) is 12.1. The van der Waals surface area contributed by atoms with Crippen LogP contribution in [0.4, 0.5) is 0 Å². The summed E-state index contributed by atoms with van der Waals surface area (Å²) in [7, 11) is 1.47. The van der Waals surface area contributed by atoms with E-state index in [9.17, 15) is 10.4 Å². The third kappa shape index (κ3) is 4.67. The number of benzene rings is 1. The van der Waals surface area contributed by atoms with E-state index in [1.807, 2.05) is 18.2 Å². The molecule has 25 heavy (non-hydrogen) atoms. The van der Waals surface area contributed by atoms with Crippen LogP contribution in [0.1, 0.15) is 25.3 Å².